The molecule has 0 aromatic heterocycles. The molecule has 1 unspecified atom stereocenters. The average Bonchev–Trinajstić information content (AvgIpc) is 2.55. The largest absolute Gasteiger partial charge is 0.351 e. The molecule has 1 aromatic rings. The number of carbonyl (C=O) groups excluding carboxylic acids is 1. The molecule has 6 nitrogen and oxygen atoms in total. The van der Waals surface area contributed by atoms with Crippen molar-refractivity contribution >= 4 is 15.9 Å². The number of amides is 1. The zero-order valence-electron chi connectivity index (χ0n) is 13.7. The summed E-state index contributed by atoms with van der Waals surface area (Å²) >= 11 is 0. The van der Waals surface area contributed by atoms with Crippen LogP contribution in [-0.2, 0) is 10.0 Å². The van der Waals surface area contributed by atoms with E-state index >= 15 is 0 Å². The van der Waals surface area contributed by atoms with Crippen molar-refractivity contribution in [1.29, 1.82) is 0 Å². The predicted molar refractivity (Wildman–Crippen MR) is 89.9 cm³/mol. The minimum Gasteiger partial charge on any atom is -0.351 e. The van der Waals surface area contributed by atoms with Crippen molar-refractivity contribution in [2.75, 3.05) is 26.7 Å². The van der Waals surface area contributed by atoms with Crippen molar-refractivity contribution < 1.29 is 13.2 Å². The van der Waals surface area contributed by atoms with Gasteiger partial charge in [-0.1, -0.05) is 6.42 Å². The average molecular weight is 339 g/mol. The third kappa shape index (κ3) is 4.31. The van der Waals surface area contributed by atoms with E-state index in [0.717, 1.165) is 19.3 Å². The molecule has 1 aliphatic heterocycles. The van der Waals surface area contributed by atoms with E-state index in [1.165, 1.54) is 12.1 Å². The van der Waals surface area contributed by atoms with E-state index in [9.17, 15) is 13.2 Å². The Morgan fingerprint density at radius 2 is 1.91 bits per heavy atom. The summed E-state index contributed by atoms with van der Waals surface area (Å²) in [5, 5.41) is 5.71. The first-order valence-electron chi connectivity index (χ1n) is 8.01. The van der Waals surface area contributed by atoms with Gasteiger partial charge in [-0.3, -0.25) is 4.79 Å². The summed E-state index contributed by atoms with van der Waals surface area (Å²) in [7, 11) is -1.67. The molecule has 2 rings (SSSR count). The predicted octanol–water partition coefficient (Wildman–Crippen LogP) is 1.20. The van der Waals surface area contributed by atoms with Gasteiger partial charge in [0.05, 0.1) is 4.90 Å². The van der Waals surface area contributed by atoms with Crippen LogP contribution in [0.3, 0.4) is 0 Å². The summed E-state index contributed by atoms with van der Waals surface area (Å²) in [4.78, 5) is 12.2. The molecule has 2 N–H and O–H groups in total. The van der Waals surface area contributed by atoms with E-state index in [4.69, 9.17) is 0 Å². The SMILES string of the molecule is CNCCNC(=O)c1ccc(S(=O)(=O)N2CCCCC2C)cc1. The summed E-state index contributed by atoms with van der Waals surface area (Å²) in [5.41, 5.74) is 0.465. The van der Waals surface area contributed by atoms with E-state index in [-0.39, 0.29) is 16.8 Å². The maximum Gasteiger partial charge on any atom is 0.251 e. The molecule has 1 aromatic carbocycles. The van der Waals surface area contributed by atoms with Gasteiger partial charge in [0.1, 0.15) is 0 Å². The number of carbonyl (C=O) groups is 1. The molecule has 0 radical (unpaired) electrons. The molecular weight excluding hydrogens is 314 g/mol. The highest BCUT2D eigenvalue weighted by atomic mass is 32.2. The van der Waals surface area contributed by atoms with Gasteiger partial charge in [-0.05, 0) is 51.1 Å². The Labute approximate surface area is 138 Å². The number of nitrogens with one attached hydrogen (secondary N) is 2. The second-order valence-corrected chi connectivity index (χ2v) is 7.73. The number of hydrogen-bond donors (Lipinski definition) is 2. The van der Waals surface area contributed by atoms with Gasteiger partial charge in [0.25, 0.3) is 5.91 Å². The molecule has 1 atom stereocenters. The van der Waals surface area contributed by atoms with E-state index in [2.05, 4.69) is 10.6 Å². The second kappa shape index (κ2) is 7.90. The number of hydrogen-bond acceptors (Lipinski definition) is 4. The maximum absolute atomic E-state index is 12.7. The first kappa shape index (κ1) is 17.9. The van der Waals surface area contributed by atoms with Crippen molar-refractivity contribution in [3.05, 3.63) is 29.8 Å². The summed E-state index contributed by atoms with van der Waals surface area (Å²) in [6.45, 7) is 3.72. The van der Waals surface area contributed by atoms with Crippen molar-refractivity contribution in [2.45, 2.75) is 37.1 Å². The van der Waals surface area contributed by atoms with Crippen LogP contribution in [0.1, 0.15) is 36.5 Å². The fourth-order valence-corrected chi connectivity index (χ4v) is 4.45. The molecule has 128 valence electrons. The van der Waals surface area contributed by atoms with Gasteiger partial charge in [-0.15, -0.1) is 0 Å². The molecule has 23 heavy (non-hydrogen) atoms. The van der Waals surface area contributed by atoms with E-state index in [1.54, 1.807) is 16.4 Å². The number of likely N-dealkylation sites (N-methyl/N-ethyl adjacent to an activating group) is 1. The Morgan fingerprint density at radius 1 is 1.22 bits per heavy atom. The molecule has 1 aliphatic rings. The summed E-state index contributed by atoms with van der Waals surface area (Å²) < 4.78 is 27.0. The topological polar surface area (TPSA) is 78.5 Å². The molecule has 1 amide bonds. The lowest BCUT2D eigenvalue weighted by Gasteiger charge is -2.32. The molecule has 1 heterocycles. The molecule has 1 saturated heterocycles. The van der Waals surface area contributed by atoms with Crippen LogP contribution in [0.2, 0.25) is 0 Å². The van der Waals surface area contributed by atoms with Gasteiger partial charge in [0.2, 0.25) is 10.0 Å². The van der Waals surface area contributed by atoms with E-state index in [1.807, 2.05) is 14.0 Å². The number of benzene rings is 1. The fraction of sp³-hybridized carbons (Fsp3) is 0.562. The third-order valence-corrected chi connectivity index (χ3v) is 6.15. The van der Waals surface area contributed by atoms with Crippen LogP contribution in [0.5, 0.6) is 0 Å². The second-order valence-electron chi connectivity index (χ2n) is 5.84. The Morgan fingerprint density at radius 3 is 2.52 bits per heavy atom. The Hall–Kier alpha value is -1.44. The zero-order chi connectivity index (χ0) is 16.9. The van der Waals surface area contributed by atoms with Gasteiger partial charge >= 0.3 is 0 Å². The van der Waals surface area contributed by atoms with Crippen LogP contribution in [0.15, 0.2) is 29.2 Å². The van der Waals surface area contributed by atoms with Gasteiger partial charge in [-0.2, -0.15) is 4.31 Å². The highest BCUT2D eigenvalue weighted by Crippen LogP contribution is 2.25. The maximum atomic E-state index is 12.7. The lowest BCUT2D eigenvalue weighted by atomic mass is 10.1. The molecule has 7 heteroatoms. The fourth-order valence-electron chi connectivity index (χ4n) is 2.75. The normalized spacial score (nSPS) is 19.5. The number of sulfonamides is 1. The van der Waals surface area contributed by atoms with Crippen LogP contribution >= 0.6 is 0 Å². The summed E-state index contributed by atoms with van der Waals surface area (Å²) in [6.07, 6.45) is 2.86. The van der Waals surface area contributed by atoms with Crippen LogP contribution in [0.4, 0.5) is 0 Å². The van der Waals surface area contributed by atoms with Crippen LogP contribution in [0, 0.1) is 0 Å². The number of rotatable bonds is 6. The molecule has 0 saturated carbocycles. The summed E-state index contributed by atoms with van der Waals surface area (Å²) in [5.74, 6) is -0.199. The van der Waals surface area contributed by atoms with Gasteiger partial charge in [-0.25, -0.2) is 8.42 Å². The van der Waals surface area contributed by atoms with Crippen LogP contribution in [-0.4, -0.2) is 51.4 Å². The summed E-state index contributed by atoms with van der Waals surface area (Å²) in [6, 6.07) is 6.19. The molecule has 0 bridgehead atoms. The van der Waals surface area contributed by atoms with E-state index in [0.29, 0.717) is 25.2 Å². The molecule has 0 aliphatic carbocycles. The minimum atomic E-state index is -3.48. The molecule has 0 spiro atoms. The first-order chi connectivity index (χ1) is 11.0. The molecule has 1 fully saturated rings. The smallest absolute Gasteiger partial charge is 0.251 e. The Balaban J connectivity index is 2.10. The third-order valence-electron chi connectivity index (χ3n) is 4.13. The Bertz CT molecular complexity index is 628. The minimum absolute atomic E-state index is 0.0262. The van der Waals surface area contributed by atoms with Crippen molar-refractivity contribution in [3.8, 4) is 0 Å². The number of nitrogens with zero attached hydrogens (tertiary/aromatic N) is 1. The monoisotopic (exact) mass is 339 g/mol. The quantitative estimate of drug-likeness (QED) is 0.764. The van der Waals surface area contributed by atoms with Crippen LogP contribution in [0.25, 0.3) is 0 Å². The van der Waals surface area contributed by atoms with E-state index < -0.39 is 10.0 Å². The lowest BCUT2D eigenvalue weighted by Crippen LogP contribution is -2.41. The van der Waals surface area contributed by atoms with Gasteiger partial charge in [0, 0.05) is 31.2 Å². The highest BCUT2D eigenvalue weighted by molar-refractivity contribution is 7.89. The standard InChI is InChI=1S/C16H25N3O3S/c1-13-5-3-4-12-19(13)23(21,22)15-8-6-14(7-9-15)16(20)18-11-10-17-2/h6-9,13,17H,3-5,10-12H2,1-2H3,(H,18,20). The molecular formula is C16H25N3O3S. The van der Waals surface area contributed by atoms with Crippen molar-refractivity contribution in [2.24, 2.45) is 0 Å². The zero-order valence-corrected chi connectivity index (χ0v) is 14.5. The van der Waals surface area contributed by atoms with Crippen molar-refractivity contribution in [3.63, 3.8) is 0 Å². The van der Waals surface area contributed by atoms with Gasteiger partial charge in [0.15, 0.2) is 0 Å². The first-order valence-corrected chi connectivity index (χ1v) is 9.45. The highest BCUT2D eigenvalue weighted by Gasteiger charge is 2.30. The Kier molecular flexibility index (Phi) is 6.15. The van der Waals surface area contributed by atoms with Crippen LogP contribution < -0.4 is 10.6 Å². The lowest BCUT2D eigenvalue weighted by molar-refractivity contribution is 0.0954. The number of piperidine rings is 1. The van der Waals surface area contributed by atoms with Gasteiger partial charge < -0.3 is 10.6 Å². The van der Waals surface area contributed by atoms with Crippen molar-refractivity contribution in [1.82, 2.24) is 14.9 Å².